The molecule has 1 rings (SSSR count). The number of benzene rings is 1. The number of nitrogens with zero attached hydrogens (tertiary/aromatic N) is 1. The first-order valence-corrected chi connectivity index (χ1v) is 7.54. The summed E-state index contributed by atoms with van der Waals surface area (Å²) in [5.74, 6) is -1.23. The van der Waals surface area contributed by atoms with Gasteiger partial charge in [-0.05, 0) is 12.1 Å². The average molecular weight is 357 g/mol. The van der Waals surface area contributed by atoms with Gasteiger partial charge < -0.3 is 4.90 Å². The smallest absolute Gasteiger partial charge is 0.375 e. The Morgan fingerprint density at radius 2 is 1.82 bits per heavy atom. The average Bonchev–Trinajstić information content (AvgIpc) is 2.33. The van der Waals surface area contributed by atoms with Gasteiger partial charge in [0.25, 0.3) is 0 Å². The molecule has 5 nitrogen and oxygen atoms in total. The maximum Gasteiger partial charge on any atom is 0.417 e. The monoisotopic (exact) mass is 356 g/mol. The number of carbonyl (C=O) groups is 1. The molecule has 0 bridgehead atoms. The van der Waals surface area contributed by atoms with Gasteiger partial charge in [0.1, 0.15) is 4.90 Å². The van der Waals surface area contributed by atoms with E-state index in [0.717, 1.165) is 11.0 Å². The fourth-order valence-electron chi connectivity index (χ4n) is 1.64. The van der Waals surface area contributed by atoms with Crippen LogP contribution in [-0.2, 0) is 16.2 Å². The molecule has 0 heterocycles. The number of sulfonamides is 1. The van der Waals surface area contributed by atoms with Crippen molar-refractivity contribution in [3.63, 3.8) is 0 Å². The van der Waals surface area contributed by atoms with Crippen molar-refractivity contribution in [2.45, 2.75) is 11.1 Å². The molecular weight excluding hydrogens is 345 g/mol. The lowest BCUT2D eigenvalue weighted by Crippen LogP contribution is -2.26. The van der Waals surface area contributed by atoms with Gasteiger partial charge in [-0.3, -0.25) is 4.79 Å². The van der Waals surface area contributed by atoms with Crippen molar-refractivity contribution in [2.24, 2.45) is 5.14 Å². The molecule has 0 aromatic heterocycles. The van der Waals surface area contributed by atoms with E-state index in [0.29, 0.717) is 6.07 Å². The first-order chi connectivity index (χ1) is 9.78. The van der Waals surface area contributed by atoms with Crippen LogP contribution in [0.1, 0.15) is 15.9 Å². The minimum atomic E-state index is -4.97. The summed E-state index contributed by atoms with van der Waals surface area (Å²) in [6, 6.07) is 1.24. The maximum atomic E-state index is 13.1. The first kappa shape index (κ1) is 18.5. The lowest BCUT2D eigenvalue weighted by atomic mass is 10.0. The SMILES string of the molecule is C=C(C(=O)c1c(C(F)(F)F)ccc(Cl)c1S(N)(=O)=O)N(C)C. The van der Waals surface area contributed by atoms with Crippen LogP contribution in [-0.4, -0.2) is 33.2 Å². The van der Waals surface area contributed by atoms with Gasteiger partial charge in [-0.15, -0.1) is 0 Å². The minimum Gasteiger partial charge on any atom is -0.375 e. The predicted octanol–water partition coefficient (Wildman–Crippen LogP) is 2.26. The van der Waals surface area contributed by atoms with E-state index < -0.39 is 43.0 Å². The molecule has 0 saturated heterocycles. The number of carbonyl (C=O) groups excluding carboxylic acids is 1. The Hall–Kier alpha value is -1.58. The van der Waals surface area contributed by atoms with Crippen molar-refractivity contribution < 1.29 is 26.4 Å². The summed E-state index contributed by atoms with van der Waals surface area (Å²) in [7, 11) is -1.92. The number of nitrogens with two attached hydrogens (primary N) is 1. The standard InChI is InChI=1S/C12H12ClF3N2O3S/c1-6(18(2)3)10(19)9-7(12(14,15)16)4-5-8(13)11(9)22(17,20)21/h4-5H,1H2,2-3H3,(H2,17,20,21). The van der Waals surface area contributed by atoms with E-state index in [9.17, 15) is 26.4 Å². The van der Waals surface area contributed by atoms with Gasteiger partial charge in [-0.1, -0.05) is 18.2 Å². The highest BCUT2D eigenvalue weighted by Crippen LogP contribution is 2.38. The molecule has 0 unspecified atom stereocenters. The van der Waals surface area contributed by atoms with E-state index in [2.05, 4.69) is 6.58 Å². The molecule has 0 aliphatic carbocycles. The van der Waals surface area contributed by atoms with Crippen molar-refractivity contribution >= 4 is 27.4 Å². The molecular formula is C12H12ClF3N2O3S. The summed E-state index contributed by atoms with van der Waals surface area (Å²) in [6.45, 7) is 3.34. The van der Waals surface area contributed by atoms with E-state index in [1.807, 2.05) is 0 Å². The lowest BCUT2D eigenvalue weighted by Gasteiger charge is -2.20. The molecule has 0 fully saturated rings. The number of primary sulfonamides is 1. The third-order valence-electron chi connectivity index (χ3n) is 2.73. The minimum absolute atomic E-state index is 0.349. The van der Waals surface area contributed by atoms with E-state index in [4.69, 9.17) is 16.7 Å². The van der Waals surface area contributed by atoms with Crippen LogP contribution in [0.2, 0.25) is 5.02 Å². The summed E-state index contributed by atoms with van der Waals surface area (Å²) >= 11 is 5.64. The molecule has 2 N–H and O–H groups in total. The van der Waals surface area contributed by atoms with Crippen molar-refractivity contribution in [1.29, 1.82) is 0 Å². The molecule has 10 heteroatoms. The van der Waals surface area contributed by atoms with Crippen LogP contribution in [0.5, 0.6) is 0 Å². The Morgan fingerprint density at radius 3 is 2.18 bits per heavy atom. The van der Waals surface area contributed by atoms with Gasteiger partial charge >= 0.3 is 6.18 Å². The predicted molar refractivity (Wildman–Crippen MR) is 75.0 cm³/mol. The van der Waals surface area contributed by atoms with Crippen LogP contribution in [0.4, 0.5) is 13.2 Å². The van der Waals surface area contributed by atoms with Gasteiger partial charge in [0.05, 0.1) is 21.8 Å². The van der Waals surface area contributed by atoms with Gasteiger partial charge in [-0.25, -0.2) is 13.6 Å². The summed E-state index contributed by atoms with van der Waals surface area (Å²) in [6.07, 6.45) is -4.97. The summed E-state index contributed by atoms with van der Waals surface area (Å²) < 4.78 is 62.5. The first-order valence-electron chi connectivity index (χ1n) is 5.62. The third-order valence-corrected chi connectivity index (χ3v) is 4.15. The number of allylic oxidation sites excluding steroid dienone is 1. The molecule has 0 spiro atoms. The number of Topliss-reactive ketones (excluding diaryl/α,β-unsaturated/α-hetero) is 1. The van der Waals surface area contributed by atoms with E-state index >= 15 is 0 Å². The zero-order chi connectivity index (χ0) is 17.5. The van der Waals surface area contributed by atoms with Gasteiger partial charge in [0, 0.05) is 14.1 Å². The Kier molecular flexibility index (Phi) is 4.95. The number of hydrogen-bond acceptors (Lipinski definition) is 4. The number of likely N-dealkylation sites (N-methyl/N-ethyl adjacent to an activating group) is 1. The second kappa shape index (κ2) is 5.90. The molecule has 122 valence electrons. The Balaban J connectivity index is 3.89. The molecule has 0 radical (unpaired) electrons. The largest absolute Gasteiger partial charge is 0.417 e. The number of alkyl halides is 3. The lowest BCUT2D eigenvalue weighted by molar-refractivity contribution is -0.138. The van der Waals surface area contributed by atoms with Crippen molar-refractivity contribution in [1.82, 2.24) is 4.90 Å². The number of halogens is 4. The Morgan fingerprint density at radius 1 is 1.32 bits per heavy atom. The van der Waals surface area contributed by atoms with Crippen LogP contribution in [0.15, 0.2) is 29.3 Å². The number of ketones is 1. The highest BCUT2D eigenvalue weighted by Gasteiger charge is 2.39. The fraction of sp³-hybridized carbons (Fsp3) is 0.250. The topological polar surface area (TPSA) is 80.5 Å². The van der Waals surface area contributed by atoms with Crippen molar-refractivity contribution in [3.8, 4) is 0 Å². The van der Waals surface area contributed by atoms with E-state index in [1.165, 1.54) is 14.1 Å². The second-order valence-corrected chi connectivity index (χ2v) is 6.42. The van der Waals surface area contributed by atoms with Crippen molar-refractivity contribution in [3.05, 3.63) is 40.6 Å². The molecule has 22 heavy (non-hydrogen) atoms. The molecule has 0 aliphatic rings. The van der Waals surface area contributed by atoms with Crippen LogP contribution in [0.25, 0.3) is 0 Å². The quantitative estimate of drug-likeness (QED) is 0.663. The summed E-state index contributed by atoms with van der Waals surface area (Å²) in [5.41, 5.74) is -2.94. The Bertz CT molecular complexity index is 743. The molecule has 0 atom stereocenters. The van der Waals surface area contributed by atoms with Crippen LogP contribution in [0.3, 0.4) is 0 Å². The van der Waals surface area contributed by atoms with Crippen LogP contribution >= 0.6 is 11.6 Å². The van der Waals surface area contributed by atoms with Crippen LogP contribution < -0.4 is 5.14 Å². The number of hydrogen-bond donors (Lipinski definition) is 1. The molecule has 1 aromatic rings. The van der Waals surface area contributed by atoms with Crippen LogP contribution in [0, 0.1) is 0 Å². The molecule has 0 aliphatic heterocycles. The van der Waals surface area contributed by atoms with Crippen molar-refractivity contribution in [2.75, 3.05) is 14.1 Å². The van der Waals surface area contributed by atoms with E-state index in [-0.39, 0.29) is 5.70 Å². The Labute approximate surface area is 130 Å². The number of rotatable bonds is 4. The molecule has 1 aromatic carbocycles. The van der Waals surface area contributed by atoms with E-state index in [1.54, 1.807) is 0 Å². The van der Waals surface area contributed by atoms with Gasteiger partial charge in [-0.2, -0.15) is 13.2 Å². The highest BCUT2D eigenvalue weighted by molar-refractivity contribution is 7.89. The summed E-state index contributed by atoms with van der Waals surface area (Å²) in [4.78, 5) is 12.3. The zero-order valence-corrected chi connectivity index (χ0v) is 13.1. The van der Waals surface area contributed by atoms with Gasteiger partial charge in [0.2, 0.25) is 15.8 Å². The van der Waals surface area contributed by atoms with Gasteiger partial charge in [0.15, 0.2) is 0 Å². The summed E-state index contributed by atoms with van der Waals surface area (Å²) in [5, 5.41) is 4.33. The maximum absolute atomic E-state index is 13.1. The zero-order valence-electron chi connectivity index (χ0n) is 11.5. The molecule has 0 amide bonds. The normalized spacial score (nSPS) is 12.1. The fourth-order valence-corrected chi connectivity index (χ4v) is 2.95. The second-order valence-electron chi connectivity index (χ2n) is 4.51. The highest BCUT2D eigenvalue weighted by atomic mass is 35.5. The molecule has 0 saturated carbocycles. The third kappa shape index (κ3) is 3.60.